The number of carbonyl (C=O) groups excluding carboxylic acids is 2. The highest BCUT2D eigenvalue weighted by Gasteiger charge is 2.47. The van der Waals surface area contributed by atoms with Crippen LogP contribution in [0.1, 0.15) is 92.5 Å². The summed E-state index contributed by atoms with van der Waals surface area (Å²) >= 11 is 0. The highest BCUT2D eigenvalue weighted by Crippen LogP contribution is 2.45. The van der Waals surface area contributed by atoms with Gasteiger partial charge in [-0.1, -0.05) is 0 Å². The lowest BCUT2D eigenvalue weighted by Crippen LogP contribution is -2.49. The molecular formula is C22H38N4O6. The highest BCUT2D eigenvalue weighted by molar-refractivity contribution is 5.70. The van der Waals surface area contributed by atoms with Gasteiger partial charge in [0.15, 0.2) is 0 Å². The maximum atomic E-state index is 12.4. The summed E-state index contributed by atoms with van der Waals surface area (Å²) in [5, 5.41) is 11.1. The van der Waals surface area contributed by atoms with Crippen LogP contribution in [-0.4, -0.2) is 46.2 Å². The minimum absolute atomic E-state index is 0.105. The molecule has 0 aliphatic heterocycles. The number of amides is 1. The van der Waals surface area contributed by atoms with Crippen LogP contribution >= 0.6 is 0 Å². The molecule has 1 aromatic rings. The van der Waals surface area contributed by atoms with E-state index in [0.29, 0.717) is 25.9 Å². The van der Waals surface area contributed by atoms with Crippen LogP contribution in [0.5, 0.6) is 0 Å². The molecule has 32 heavy (non-hydrogen) atoms. The first-order valence-electron chi connectivity index (χ1n) is 11.1. The van der Waals surface area contributed by atoms with Gasteiger partial charge in [-0.2, -0.15) is 0 Å². The third-order valence-electron chi connectivity index (χ3n) is 4.88. The molecule has 0 saturated heterocycles. The van der Waals surface area contributed by atoms with E-state index >= 15 is 0 Å². The first-order chi connectivity index (χ1) is 14.6. The number of rotatable bonds is 8. The largest absolute Gasteiger partial charge is 0.466 e. The summed E-state index contributed by atoms with van der Waals surface area (Å²) in [7, 11) is 0. The molecule has 0 aromatic carbocycles. The van der Waals surface area contributed by atoms with Gasteiger partial charge in [0.25, 0.3) is 0 Å². The van der Waals surface area contributed by atoms with Crippen LogP contribution in [0.25, 0.3) is 0 Å². The molecule has 1 aliphatic carbocycles. The van der Waals surface area contributed by atoms with Gasteiger partial charge in [0.1, 0.15) is 11.6 Å². The Morgan fingerprint density at radius 2 is 1.81 bits per heavy atom. The molecule has 0 bridgehead atoms. The van der Waals surface area contributed by atoms with Crippen molar-refractivity contribution < 1.29 is 28.2 Å². The number of aromatic nitrogens is 2. The molecule has 3 N–H and O–H groups in total. The number of nitrogens with two attached hydrogens (primary N) is 1. The second-order valence-corrected chi connectivity index (χ2v) is 10.4. The molecule has 10 nitrogen and oxygen atoms in total. The van der Waals surface area contributed by atoms with Crippen LogP contribution < -0.4 is 11.1 Å². The fourth-order valence-corrected chi connectivity index (χ4v) is 3.75. The van der Waals surface area contributed by atoms with Crippen LogP contribution in [0.4, 0.5) is 4.79 Å². The SMILES string of the molecule is CCOC(=O)CC1CC(N)(c2nnc([C@@H](NC(=O)OC(C)(C)C)[C@H](C)OC(C)(C)C)o2)C1. The summed E-state index contributed by atoms with van der Waals surface area (Å²) in [4.78, 5) is 24.1. The van der Waals surface area contributed by atoms with Gasteiger partial charge in [0.2, 0.25) is 11.8 Å². The Morgan fingerprint density at radius 3 is 2.34 bits per heavy atom. The Hall–Kier alpha value is -2.20. The summed E-state index contributed by atoms with van der Waals surface area (Å²) in [6.45, 7) is 15.0. The van der Waals surface area contributed by atoms with Crippen molar-refractivity contribution >= 4 is 12.1 Å². The predicted octanol–water partition coefficient (Wildman–Crippen LogP) is 3.36. The molecule has 182 valence electrons. The quantitative estimate of drug-likeness (QED) is 0.566. The fraction of sp³-hybridized carbons (Fsp3) is 0.818. The van der Waals surface area contributed by atoms with Crippen molar-refractivity contribution in [3.05, 3.63) is 11.8 Å². The third kappa shape index (κ3) is 7.44. The molecular weight excluding hydrogens is 416 g/mol. The van der Waals surface area contributed by atoms with Gasteiger partial charge in [0, 0.05) is 6.42 Å². The molecule has 10 heteroatoms. The van der Waals surface area contributed by atoms with Gasteiger partial charge < -0.3 is 29.7 Å². The Morgan fingerprint density at radius 1 is 1.19 bits per heavy atom. The first-order valence-corrected chi connectivity index (χ1v) is 11.1. The summed E-state index contributed by atoms with van der Waals surface area (Å²) in [5.74, 6) is 0.321. The molecule has 1 aromatic heterocycles. The van der Waals surface area contributed by atoms with Crippen molar-refractivity contribution in [2.75, 3.05) is 6.61 Å². The van der Waals surface area contributed by atoms with E-state index in [2.05, 4.69) is 15.5 Å². The number of nitrogens with one attached hydrogen (secondary N) is 1. The minimum atomic E-state index is -0.812. The third-order valence-corrected chi connectivity index (χ3v) is 4.88. The smallest absolute Gasteiger partial charge is 0.408 e. The van der Waals surface area contributed by atoms with E-state index in [1.54, 1.807) is 27.7 Å². The monoisotopic (exact) mass is 454 g/mol. The fourth-order valence-electron chi connectivity index (χ4n) is 3.75. The van der Waals surface area contributed by atoms with Gasteiger partial charge in [-0.15, -0.1) is 10.2 Å². The van der Waals surface area contributed by atoms with Crippen molar-refractivity contribution in [1.82, 2.24) is 15.5 Å². The number of hydrogen-bond acceptors (Lipinski definition) is 9. The molecule has 1 heterocycles. The van der Waals surface area contributed by atoms with Gasteiger partial charge >= 0.3 is 12.1 Å². The Kier molecular flexibility index (Phi) is 7.93. The van der Waals surface area contributed by atoms with Crippen molar-refractivity contribution in [3.63, 3.8) is 0 Å². The van der Waals surface area contributed by atoms with Crippen molar-refractivity contribution in [1.29, 1.82) is 0 Å². The van der Waals surface area contributed by atoms with Crippen molar-refractivity contribution in [3.8, 4) is 0 Å². The predicted molar refractivity (Wildman–Crippen MR) is 117 cm³/mol. The van der Waals surface area contributed by atoms with E-state index in [1.807, 2.05) is 27.7 Å². The molecule has 0 unspecified atom stereocenters. The molecule has 2 rings (SSSR count). The molecule has 1 aliphatic rings. The maximum Gasteiger partial charge on any atom is 0.408 e. The summed E-state index contributed by atoms with van der Waals surface area (Å²) in [6.07, 6.45) is 0.277. The average molecular weight is 455 g/mol. The molecule has 1 amide bonds. The minimum Gasteiger partial charge on any atom is -0.466 e. The molecule has 1 saturated carbocycles. The zero-order chi connectivity index (χ0) is 24.3. The van der Waals surface area contributed by atoms with Crippen molar-refractivity contribution in [2.45, 2.75) is 104 Å². The van der Waals surface area contributed by atoms with E-state index in [4.69, 9.17) is 24.4 Å². The van der Waals surface area contributed by atoms with Crippen LogP contribution in [-0.2, 0) is 24.5 Å². The van der Waals surface area contributed by atoms with Crippen LogP contribution in [0, 0.1) is 5.92 Å². The van der Waals surface area contributed by atoms with Gasteiger partial charge in [-0.25, -0.2) is 4.79 Å². The normalized spacial score (nSPS) is 23.1. The highest BCUT2D eigenvalue weighted by atomic mass is 16.6. The second kappa shape index (κ2) is 9.74. The molecule has 2 atom stereocenters. The van der Waals surface area contributed by atoms with Crippen LogP contribution in [0.2, 0.25) is 0 Å². The summed E-state index contributed by atoms with van der Waals surface area (Å²) in [5.41, 5.74) is 4.51. The Bertz CT molecular complexity index is 789. The standard InChI is InChI=1S/C22H38N4O6/c1-9-29-15(27)10-14-11-22(23,12-14)18-26-25-17(30-18)16(13(2)31-20(3,4)5)24-19(28)32-21(6,7)8/h13-14,16H,9-12,23H2,1-8H3,(H,24,28)/t13-,14?,16-,22?/m0/s1. The zero-order valence-electron chi connectivity index (χ0n) is 20.5. The average Bonchev–Trinajstić information content (AvgIpc) is 3.05. The summed E-state index contributed by atoms with van der Waals surface area (Å²) in [6, 6.07) is -0.732. The second-order valence-electron chi connectivity index (χ2n) is 10.4. The maximum absolute atomic E-state index is 12.4. The van der Waals surface area contributed by atoms with Gasteiger partial charge in [-0.3, -0.25) is 4.79 Å². The lowest BCUT2D eigenvalue weighted by Gasteiger charge is -2.41. The van der Waals surface area contributed by atoms with E-state index in [1.165, 1.54) is 0 Å². The van der Waals surface area contributed by atoms with E-state index in [9.17, 15) is 9.59 Å². The molecule has 0 radical (unpaired) electrons. The lowest BCUT2D eigenvalue weighted by atomic mass is 9.67. The molecule has 0 spiro atoms. The number of hydrogen-bond donors (Lipinski definition) is 2. The number of carbonyl (C=O) groups is 2. The number of alkyl carbamates (subject to hydrolysis) is 1. The summed E-state index contributed by atoms with van der Waals surface area (Å²) < 4.78 is 22.3. The molecule has 1 fully saturated rings. The lowest BCUT2D eigenvalue weighted by molar-refractivity contribution is -0.145. The van der Waals surface area contributed by atoms with Crippen LogP contribution in [0.3, 0.4) is 0 Å². The van der Waals surface area contributed by atoms with E-state index in [-0.39, 0.29) is 23.7 Å². The van der Waals surface area contributed by atoms with Crippen molar-refractivity contribution in [2.24, 2.45) is 11.7 Å². The van der Waals surface area contributed by atoms with Crippen LogP contribution in [0.15, 0.2) is 4.42 Å². The topological polar surface area (TPSA) is 139 Å². The zero-order valence-corrected chi connectivity index (χ0v) is 20.5. The number of esters is 1. The van der Waals surface area contributed by atoms with Gasteiger partial charge in [-0.05, 0) is 74.1 Å². The van der Waals surface area contributed by atoms with E-state index < -0.39 is 35.0 Å². The van der Waals surface area contributed by atoms with E-state index in [0.717, 1.165) is 0 Å². The van der Waals surface area contributed by atoms with Gasteiger partial charge in [0.05, 0.1) is 23.9 Å². The first kappa shape index (κ1) is 26.1. The Labute approximate surface area is 189 Å². The Balaban J connectivity index is 2.14. The number of ether oxygens (including phenoxy) is 3. The number of nitrogens with zero attached hydrogens (tertiary/aromatic N) is 2.